The Bertz CT molecular complexity index is 304. The third-order valence-corrected chi connectivity index (χ3v) is 4.15. The van der Waals surface area contributed by atoms with E-state index >= 15 is 0 Å². The SMILES string of the molecule is NCC(CO)c1csc2c1CCCC2. The van der Waals surface area contributed by atoms with Crippen molar-refractivity contribution in [1.29, 1.82) is 0 Å². The van der Waals surface area contributed by atoms with Gasteiger partial charge in [-0.3, -0.25) is 0 Å². The summed E-state index contributed by atoms with van der Waals surface area (Å²) in [6.45, 7) is 0.735. The van der Waals surface area contributed by atoms with Crippen molar-refractivity contribution in [2.45, 2.75) is 31.6 Å². The molecule has 0 saturated carbocycles. The normalized spacial score (nSPS) is 17.9. The van der Waals surface area contributed by atoms with Gasteiger partial charge in [-0.25, -0.2) is 0 Å². The van der Waals surface area contributed by atoms with Gasteiger partial charge in [-0.15, -0.1) is 11.3 Å². The third-order valence-electron chi connectivity index (χ3n) is 3.04. The summed E-state index contributed by atoms with van der Waals surface area (Å²) in [5.41, 5.74) is 8.46. The highest BCUT2D eigenvalue weighted by Crippen LogP contribution is 2.33. The van der Waals surface area contributed by atoms with Gasteiger partial charge in [-0.05, 0) is 42.2 Å². The molecule has 1 aromatic heterocycles. The third kappa shape index (κ3) is 1.72. The molecule has 3 N–H and O–H groups in total. The first-order chi connectivity index (χ1) is 6.86. The molecule has 1 aliphatic carbocycles. The number of hydrogen-bond acceptors (Lipinski definition) is 3. The predicted molar refractivity (Wildman–Crippen MR) is 59.8 cm³/mol. The van der Waals surface area contributed by atoms with Crippen LogP contribution in [-0.4, -0.2) is 18.3 Å². The van der Waals surface area contributed by atoms with Gasteiger partial charge in [0.15, 0.2) is 0 Å². The summed E-state index contributed by atoms with van der Waals surface area (Å²) in [6, 6.07) is 0. The van der Waals surface area contributed by atoms with E-state index < -0.39 is 0 Å². The molecule has 1 atom stereocenters. The van der Waals surface area contributed by atoms with E-state index in [1.165, 1.54) is 41.7 Å². The van der Waals surface area contributed by atoms with Gasteiger partial charge >= 0.3 is 0 Å². The van der Waals surface area contributed by atoms with Crippen LogP contribution in [0.1, 0.15) is 34.8 Å². The Labute approximate surface area is 88.8 Å². The minimum Gasteiger partial charge on any atom is -0.396 e. The average Bonchev–Trinajstić information content (AvgIpc) is 2.65. The van der Waals surface area contributed by atoms with E-state index in [9.17, 15) is 5.11 Å². The predicted octanol–water partition coefficient (Wildman–Crippen LogP) is 1.66. The Hall–Kier alpha value is -0.380. The first-order valence-electron chi connectivity index (χ1n) is 5.27. The lowest BCUT2D eigenvalue weighted by Gasteiger charge is -2.17. The van der Waals surface area contributed by atoms with Gasteiger partial charge in [0.2, 0.25) is 0 Å². The van der Waals surface area contributed by atoms with Crippen molar-refractivity contribution in [2.24, 2.45) is 5.73 Å². The molecule has 1 aromatic rings. The van der Waals surface area contributed by atoms with Gasteiger partial charge in [0.1, 0.15) is 0 Å². The van der Waals surface area contributed by atoms with Crippen LogP contribution in [0.5, 0.6) is 0 Å². The summed E-state index contributed by atoms with van der Waals surface area (Å²) in [6.07, 6.45) is 5.02. The monoisotopic (exact) mass is 211 g/mol. The maximum atomic E-state index is 9.22. The molecule has 3 heteroatoms. The van der Waals surface area contributed by atoms with Crippen molar-refractivity contribution < 1.29 is 5.11 Å². The van der Waals surface area contributed by atoms with Crippen LogP contribution in [0.3, 0.4) is 0 Å². The molecule has 1 heterocycles. The second kappa shape index (κ2) is 4.43. The number of nitrogens with two attached hydrogens (primary N) is 1. The van der Waals surface area contributed by atoms with E-state index in [2.05, 4.69) is 5.38 Å². The van der Waals surface area contributed by atoms with Gasteiger partial charge in [-0.2, -0.15) is 0 Å². The van der Waals surface area contributed by atoms with E-state index in [0.717, 1.165) is 0 Å². The van der Waals surface area contributed by atoms with Crippen LogP contribution in [0.4, 0.5) is 0 Å². The first-order valence-corrected chi connectivity index (χ1v) is 6.14. The quantitative estimate of drug-likeness (QED) is 0.798. The highest BCUT2D eigenvalue weighted by molar-refractivity contribution is 7.10. The molecule has 2 rings (SSSR count). The van der Waals surface area contributed by atoms with E-state index in [-0.39, 0.29) is 12.5 Å². The van der Waals surface area contributed by atoms with Crippen molar-refractivity contribution in [3.05, 3.63) is 21.4 Å². The molecule has 0 amide bonds. The second-order valence-corrected chi connectivity index (χ2v) is 4.88. The van der Waals surface area contributed by atoms with Crippen molar-refractivity contribution >= 4 is 11.3 Å². The average molecular weight is 211 g/mol. The van der Waals surface area contributed by atoms with E-state index in [1.807, 2.05) is 11.3 Å². The van der Waals surface area contributed by atoms with E-state index in [0.29, 0.717) is 6.54 Å². The number of thiophene rings is 1. The Balaban J connectivity index is 2.29. The highest BCUT2D eigenvalue weighted by atomic mass is 32.1. The van der Waals surface area contributed by atoms with Crippen LogP contribution in [0.25, 0.3) is 0 Å². The lowest BCUT2D eigenvalue weighted by Crippen LogP contribution is -2.17. The van der Waals surface area contributed by atoms with Crippen molar-refractivity contribution in [3.8, 4) is 0 Å². The highest BCUT2D eigenvalue weighted by Gasteiger charge is 2.20. The smallest absolute Gasteiger partial charge is 0.0512 e. The molecule has 0 radical (unpaired) electrons. The number of rotatable bonds is 3. The van der Waals surface area contributed by atoms with E-state index in [1.54, 1.807) is 0 Å². The topological polar surface area (TPSA) is 46.2 Å². The fourth-order valence-corrected chi connectivity index (χ4v) is 3.39. The summed E-state index contributed by atoms with van der Waals surface area (Å²) in [7, 11) is 0. The molecule has 78 valence electrons. The zero-order valence-electron chi connectivity index (χ0n) is 8.33. The van der Waals surface area contributed by atoms with Crippen LogP contribution < -0.4 is 5.73 Å². The molecular weight excluding hydrogens is 194 g/mol. The van der Waals surface area contributed by atoms with Gasteiger partial charge in [-0.1, -0.05) is 0 Å². The minimum absolute atomic E-state index is 0.160. The van der Waals surface area contributed by atoms with Gasteiger partial charge in [0.05, 0.1) is 6.61 Å². The van der Waals surface area contributed by atoms with Crippen molar-refractivity contribution in [2.75, 3.05) is 13.2 Å². The number of hydrogen-bond donors (Lipinski definition) is 2. The molecular formula is C11H17NOS. The maximum absolute atomic E-state index is 9.22. The Morgan fingerprint density at radius 3 is 2.93 bits per heavy atom. The van der Waals surface area contributed by atoms with Crippen LogP contribution in [0, 0.1) is 0 Å². The Morgan fingerprint density at radius 1 is 1.43 bits per heavy atom. The lowest BCUT2D eigenvalue weighted by molar-refractivity contribution is 0.267. The van der Waals surface area contributed by atoms with Crippen LogP contribution in [0.2, 0.25) is 0 Å². The number of aryl methyl sites for hydroxylation is 1. The van der Waals surface area contributed by atoms with Gasteiger partial charge < -0.3 is 10.8 Å². The molecule has 0 saturated heterocycles. The zero-order chi connectivity index (χ0) is 9.97. The molecule has 0 bridgehead atoms. The number of aliphatic hydroxyl groups is 1. The largest absolute Gasteiger partial charge is 0.396 e. The fraction of sp³-hybridized carbons (Fsp3) is 0.636. The maximum Gasteiger partial charge on any atom is 0.0512 e. The van der Waals surface area contributed by atoms with Crippen LogP contribution in [0.15, 0.2) is 5.38 Å². The van der Waals surface area contributed by atoms with E-state index in [4.69, 9.17) is 5.73 Å². The summed E-state index contributed by atoms with van der Waals surface area (Å²) in [4.78, 5) is 1.53. The molecule has 0 aliphatic heterocycles. The molecule has 1 aliphatic rings. The minimum atomic E-state index is 0.160. The zero-order valence-corrected chi connectivity index (χ0v) is 9.15. The molecule has 0 spiro atoms. The molecule has 0 aromatic carbocycles. The Morgan fingerprint density at radius 2 is 2.21 bits per heavy atom. The van der Waals surface area contributed by atoms with Crippen LogP contribution in [-0.2, 0) is 12.8 Å². The van der Waals surface area contributed by atoms with Crippen molar-refractivity contribution in [3.63, 3.8) is 0 Å². The standard InChI is InChI=1S/C11H17NOS/c12-5-8(6-13)10-7-14-11-4-2-1-3-9(10)11/h7-8,13H,1-6,12H2. The molecule has 0 fully saturated rings. The summed E-state index contributed by atoms with van der Waals surface area (Å²) < 4.78 is 0. The fourth-order valence-electron chi connectivity index (χ4n) is 2.16. The van der Waals surface area contributed by atoms with Gasteiger partial charge in [0.25, 0.3) is 0 Å². The summed E-state index contributed by atoms with van der Waals surface area (Å²) >= 11 is 1.84. The van der Waals surface area contributed by atoms with Crippen LogP contribution >= 0.6 is 11.3 Å². The number of fused-ring (bicyclic) bond motifs is 1. The van der Waals surface area contributed by atoms with Gasteiger partial charge in [0, 0.05) is 17.3 Å². The Kier molecular flexibility index (Phi) is 3.21. The van der Waals surface area contributed by atoms with Crippen molar-refractivity contribution in [1.82, 2.24) is 0 Å². The molecule has 14 heavy (non-hydrogen) atoms. The molecule has 2 nitrogen and oxygen atoms in total. The molecule has 1 unspecified atom stereocenters. The number of aliphatic hydroxyl groups excluding tert-OH is 1. The second-order valence-electron chi connectivity index (χ2n) is 3.92. The first kappa shape index (κ1) is 10.1. The summed E-state index contributed by atoms with van der Waals surface area (Å²) in [5.74, 6) is 0.160. The lowest BCUT2D eigenvalue weighted by atomic mass is 9.90. The summed E-state index contributed by atoms with van der Waals surface area (Å²) in [5, 5.41) is 11.4.